The maximum Gasteiger partial charge on any atom is 0.338 e. The normalized spacial score (nSPS) is 15.6. The van der Waals surface area contributed by atoms with E-state index in [0.717, 1.165) is 6.07 Å². The molecule has 0 saturated heterocycles. The quantitative estimate of drug-likeness (QED) is 0.379. The molecular weight excluding hydrogens is 533 g/mol. The molecule has 3 aromatic carbocycles. The zero-order chi connectivity index (χ0) is 28.9. The molecule has 1 unspecified atom stereocenters. The van der Waals surface area contributed by atoms with Crippen LogP contribution in [0.3, 0.4) is 0 Å². The second kappa shape index (κ2) is 12.0. The van der Waals surface area contributed by atoms with Crippen molar-refractivity contribution in [1.82, 2.24) is 15.5 Å². The summed E-state index contributed by atoms with van der Waals surface area (Å²) in [5.41, 5.74) is 1.73. The van der Waals surface area contributed by atoms with Crippen molar-refractivity contribution in [3.63, 3.8) is 0 Å². The van der Waals surface area contributed by atoms with Gasteiger partial charge in [-0.25, -0.2) is 14.0 Å². The summed E-state index contributed by atoms with van der Waals surface area (Å²) in [5, 5.41) is 5.47. The highest BCUT2D eigenvalue weighted by Crippen LogP contribution is 2.34. The van der Waals surface area contributed by atoms with Crippen molar-refractivity contribution in [2.75, 3.05) is 27.1 Å². The number of esters is 1. The Balaban J connectivity index is 1.56. The van der Waals surface area contributed by atoms with Gasteiger partial charge in [-0.15, -0.1) is 0 Å². The van der Waals surface area contributed by atoms with Gasteiger partial charge in [0.1, 0.15) is 11.6 Å². The molecule has 5 rings (SSSR count). The van der Waals surface area contributed by atoms with Crippen LogP contribution < -0.4 is 24.8 Å². The molecule has 41 heavy (non-hydrogen) atoms. The van der Waals surface area contributed by atoms with E-state index in [4.69, 9.17) is 18.9 Å². The first-order chi connectivity index (χ1) is 19.9. The third-order valence-corrected chi connectivity index (χ3v) is 6.62. The summed E-state index contributed by atoms with van der Waals surface area (Å²) in [6.07, 6.45) is 0. The molecule has 212 valence electrons. The highest BCUT2D eigenvalue weighted by Gasteiger charge is 2.35. The molecule has 3 aromatic rings. The molecule has 0 bridgehead atoms. The molecule has 0 radical (unpaired) electrons. The van der Waals surface area contributed by atoms with Gasteiger partial charge in [-0.1, -0.05) is 24.3 Å². The summed E-state index contributed by atoms with van der Waals surface area (Å²) in [6.45, 7) is 1.74. The summed E-state index contributed by atoms with van der Waals surface area (Å²) in [6, 6.07) is 16.0. The average molecular weight is 562 g/mol. The van der Waals surface area contributed by atoms with E-state index < -0.39 is 29.8 Å². The van der Waals surface area contributed by atoms with Gasteiger partial charge in [-0.05, 0) is 60.5 Å². The monoisotopic (exact) mass is 561 g/mol. The number of ether oxygens (including phenoxy) is 4. The second-order valence-corrected chi connectivity index (χ2v) is 9.28. The first-order valence-corrected chi connectivity index (χ1v) is 12.9. The molecule has 3 amide bonds. The summed E-state index contributed by atoms with van der Waals surface area (Å²) in [7, 11) is 1.54. The number of nitrogens with one attached hydrogen (secondary N) is 2. The standard InChI is InChI=1S/C30H28FN3O7/c1-3-39-29(36)26-23(32-30(37)33-27(26)19-8-10-22(38-2)11-9-19)16-34(28(35)20-5-4-6-21(31)14-20)15-18-7-12-24-25(13-18)41-17-40-24/h4-14,27H,3,15-17H2,1-2H3,(H2,32,33,37). The fourth-order valence-corrected chi connectivity index (χ4v) is 4.69. The Morgan fingerprint density at radius 1 is 1.02 bits per heavy atom. The Morgan fingerprint density at radius 3 is 2.54 bits per heavy atom. The Hall–Kier alpha value is -5.06. The number of hydrogen-bond donors (Lipinski definition) is 2. The van der Waals surface area contributed by atoms with Crippen LogP contribution in [0.25, 0.3) is 0 Å². The lowest BCUT2D eigenvalue weighted by atomic mass is 9.94. The van der Waals surface area contributed by atoms with Gasteiger partial charge in [0, 0.05) is 12.1 Å². The lowest BCUT2D eigenvalue weighted by Gasteiger charge is -2.32. The summed E-state index contributed by atoms with van der Waals surface area (Å²) in [4.78, 5) is 41.3. The largest absolute Gasteiger partial charge is 0.497 e. The lowest BCUT2D eigenvalue weighted by Crippen LogP contribution is -2.49. The highest BCUT2D eigenvalue weighted by molar-refractivity contribution is 5.97. The molecule has 11 heteroatoms. The Kier molecular flexibility index (Phi) is 8.04. The van der Waals surface area contributed by atoms with E-state index in [-0.39, 0.29) is 43.3 Å². The van der Waals surface area contributed by atoms with E-state index in [0.29, 0.717) is 28.4 Å². The Morgan fingerprint density at radius 2 is 1.80 bits per heavy atom. The minimum Gasteiger partial charge on any atom is -0.497 e. The van der Waals surface area contributed by atoms with Crippen LogP contribution in [-0.2, 0) is 16.1 Å². The van der Waals surface area contributed by atoms with E-state index >= 15 is 0 Å². The Bertz CT molecular complexity index is 1510. The van der Waals surface area contributed by atoms with Crippen molar-refractivity contribution in [2.24, 2.45) is 0 Å². The zero-order valence-corrected chi connectivity index (χ0v) is 22.4. The lowest BCUT2D eigenvalue weighted by molar-refractivity contribution is -0.139. The number of carbonyl (C=O) groups excluding carboxylic acids is 3. The number of rotatable bonds is 9. The van der Waals surface area contributed by atoms with Gasteiger partial charge in [0.2, 0.25) is 6.79 Å². The van der Waals surface area contributed by atoms with Crippen LogP contribution in [0.5, 0.6) is 17.2 Å². The van der Waals surface area contributed by atoms with Crippen LogP contribution in [0.4, 0.5) is 9.18 Å². The van der Waals surface area contributed by atoms with Crippen molar-refractivity contribution < 1.29 is 37.7 Å². The molecule has 10 nitrogen and oxygen atoms in total. The third kappa shape index (κ3) is 6.08. The number of benzene rings is 3. The molecule has 2 N–H and O–H groups in total. The van der Waals surface area contributed by atoms with Crippen LogP contribution in [0.2, 0.25) is 0 Å². The molecule has 2 heterocycles. The molecule has 2 aliphatic rings. The first-order valence-electron chi connectivity index (χ1n) is 12.9. The van der Waals surface area contributed by atoms with E-state index in [1.54, 1.807) is 49.4 Å². The number of methoxy groups -OCH3 is 1. The van der Waals surface area contributed by atoms with Crippen molar-refractivity contribution >= 4 is 17.9 Å². The van der Waals surface area contributed by atoms with Crippen molar-refractivity contribution in [3.8, 4) is 17.2 Å². The van der Waals surface area contributed by atoms with Crippen LogP contribution in [-0.4, -0.2) is 49.9 Å². The van der Waals surface area contributed by atoms with E-state index in [1.165, 1.54) is 30.2 Å². The van der Waals surface area contributed by atoms with E-state index in [2.05, 4.69) is 10.6 Å². The van der Waals surface area contributed by atoms with Crippen LogP contribution in [0, 0.1) is 5.82 Å². The van der Waals surface area contributed by atoms with Gasteiger partial charge < -0.3 is 34.5 Å². The molecular formula is C30H28FN3O7. The van der Waals surface area contributed by atoms with Crippen molar-refractivity contribution in [2.45, 2.75) is 19.5 Å². The summed E-state index contributed by atoms with van der Waals surface area (Å²) >= 11 is 0. The topological polar surface area (TPSA) is 115 Å². The van der Waals surface area contributed by atoms with Crippen LogP contribution >= 0.6 is 0 Å². The SMILES string of the molecule is CCOC(=O)C1=C(CN(Cc2ccc3c(c2)OCO3)C(=O)c2cccc(F)c2)NC(=O)NC1c1ccc(OC)cc1. The minimum atomic E-state index is -0.861. The van der Waals surface area contributed by atoms with E-state index in [9.17, 15) is 18.8 Å². The highest BCUT2D eigenvalue weighted by atomic mass is 19.1. The molecule has 0 aliphatic carbocycles. The van der Waals surface area contributed by atoms with Crippen LogP contribution in [0.1, 0.15) is 34.5 Å². The predicted molar refractivity (Wildman–Crippen MR) is 145 cm³/mol. The van der Waals surface area contributed by atoms with Gasteiger partial charge >= 0.3 is 12.0 Å². The maximum absolute atomic E-state index is 14.1. The maximum atomic E-state index is 14.1. The second-order valence-electron chi connectivity index (χ2n) is 9.28. The molecule has 0 saturated carbocycles. The minimum absolute atomic E-state index is 0.0576. The molecule has 1 atom stereocenters. The molecule has 0 aromatic heterocycles. The van der Waals surface area contributed by atoms with Gasteiger partial charge in [0.05, 0.1) is 37.6 Å². The number of nitrogens with zero attached hydrogens (tertiary/aromatic N) is 1. The summed E-state index contributed by atoms with van der Waals surface area (Å²) in [5.74, 6) is -0.0194. The molecule has 0 fully saturated rings. The molecule has 2 aliphatic heterocycles. The fourth-order valence-electron chi connectivity index (χ4n) is 4.69. The number of amides is 3. The van der Waals surface area contributed by atoms with Crippen molar-refractivity contribution in [1.29, 1.82) is 0 Å². The predicted octanol–water partition coefficient (Wildman–Crippen LogP) is 4.08. The van der Waals surface area contributed by atoms with Crippen LogP contribution in [0.15, 0.2) is 78.0 Å². The average Bonchev–Trinajstić information content (AvgIpc) is 3.44. The smallest absolute Gasteiger partial charge is 0.338 e. The number of carbonyl (C=O) groups is 3. The third-order valence-electron chi connectivity index (χ3n) is 6.62. The van der Waals surface area contributed by atoms with Gasteiger partial charge in [0.15, 0.2) is 11.5 Å². The van der Waals surface area contributed by atoms with Gasteiger partial charge in [-0.2, -0.15) is 0 Å². The number of urea groups is 1. The van der Waals surface area contributed by atoms with Gasteiger partial charge in [0.25, 0.3) is 5.91 Å². The number of halogens is 1. The molecule has 0 spiro atoms. The summed E-state index contributed by atoms with van der Waals surface area (Å²) < 4.78 is 35.5. The number of hydrogen-bond acceptors (Lipinski definition) is 7. The van der Waals surface area contributed by atoms with Gasteiger partial charge in [-0.3, -0.25) is 4.79 Å². The zero-order valence-electron chi connectivity index (χ0n) is 22.4. The Labute approximate surface area is 235 Å². The van der Waals surface area contributed by atoms with Crippen molar-refractivity contribution in [3.05, 3.63) is 101 Å². The first kappa shape index (κ1) is 27.5. The fraction of sp³-hybridized carbons (Fsp3) is 0.233. The van der Waals surface area contributed by atoms with E-state index in [1.807, 2.05) is 0 Å². The number of fused-ring (bicyclic) bond motifs is 1.